The summed E-state index contributed by atoms with van der Waals surface area (Å²) in [5.41, 5.74) is 0.669. The zero-order valence-electron chi connectivity index (χ0n) is 15.8. The Kier molecular flexibility index (Phi) is 6.01. The zero-order chi connectivity index (χ0) is 18.7. The summed E-state index contributed by atoms with van der Waals surface area (Å²) in [6, 6.07) is 7.47. The summed E-state index contributed by atoms with van der Waals surface area (Å²) >= 11 is 1.41. The molecule has 0 radical (unpaired) electrons. The van der Waals surface area contributed by atoms with Gasteiger partial charge in [0, 0.05) is 19.1 Å². The van der Waals surface area contributed by atoms with Crippen molar-refractivity contribution in [3.63, 3.8) is 0 Å². The number of likely N-dealkylation sites (tertiary alicyclic amines) is 1. The number of thioether (sulfide) groups is 1. The maximum atomic E-state index is 13.0. The zero-order valence-corrected chi connectivity index (χ0v) is 16.6. The summed E-state index contributed by atoms with van der Waals surface area (Å²) < 4.78 is 1.76. The Morgan fingerprint density at radius 2 is 1.88 bits per heavy atom. The molecular formula is C20H27N3O2S. The van der Waals surface area contributed by atoms with E-state index in [1.54, 1.807) is 4.57 Å². The molecule has 140 valence electrons. The van der Waals surface area contributed by atoms with Crippen molar-refractivity contribution >= 4 is 28.6 Å². The number of piperidine rings is 1. The Balaban J connectivity index is 1.95. The van der Waals surface area contributed by atoms with Crippen LogP contribution in [-0.2, 0) is 4.79 Å². The van der Waals surface area contributed by atoms with Crippen molar-refractivity contribution in [2.45, 2.75) is 62.9 Å². The second kappa shape index (κ2) is 8.25. The summed E-state index contributed by atoms with van der Waals surface area (Å²) in [7, 11) is 0. The number of amides is 1. The van der Waals surface area contributed by atoms with E-state index in [9.17, 15) is 9.59 Å². The van der Waals surface area contributed by atoms with Crippen LogP contribution in [0.1, 0.15) is 52.5 Å². The number of rotatable bonds is 5. The van der Waals surface area contributed by atoms with Crippen LogP contribution in [-0.4, -0.2) is 38.7 Å². The summed E-state index contributed by atoms with van der Waals surface area (Å²) in [5.74, 6) is 0.146. The van der Waals surface area contributed by atoms with Gasteiger partial charge in [0.25, 0.3) is 5.56 Å². The molecule has 2 atom stereocenters. The predicted octanol–water partition coefficient (Wildman–Crippen LogP) is 3.86. The first kappa shape index (κ1) is 19.0. The molecule has 1 aliphatic rings. The van der Waals surface area contributed by atoms with Gasteiger partial charge in [-0.25, -0.2) is 4.98 Å². The first-order chi connectivity index (χ1) is 12.5. The maximum absolute atomic E-state index is 13.0. The lowest BCUT2D eigenvalue weighted by atomic mass is 10.1. The highest BCUT2D eigenvalue weighted by Crippen LogP contribution is 2.27. The molecule has 0 aliphatic carbocycles. The molecule has 1 saturated heterocycles. The van der Waals surface area contributed by atoms with Crippen LogP contribution in [0.15, 0.2) is 34.2 Å². The summed E-state index contributed by atoms with van der Waals surface area (Å²) in [6.07, 6.45) is 4.19. The lowest BCUT2D eigenvalue weighted by Crippen LogP contribution is -2.40. The van der Waals surface area contributed by atoms with Crippen LogP contribution in [0.3, 0.4) is 0 Å². The fourth-order valence-electron chi connectivity index (χ4n) is 3.36. The average molecular weight is 374 g/mol. The minimum absolute atomic E-state index is 0.0231. The van der Waals surface area contributed by atoms with E-state index in [2.05, 4.69) is 6.92 Å². The molecule has 0 unspecified atom stereocenters. The number of carbonyl (C=O) groups excluding carboxylic acids is 1. The van der Waals surface area contributed by atoms with Gasteiger partial charge in [-0.05, 0) is 51.7 Å². The van der Waals surface area contributed by atoms with E-state index in [0.29, 0.717) is 16.1 Å². The van der Waals surface area contributed by atoms with Gasteiger partial charge in [-0.15, -0.1) is 0 Å². The van der Waals surface area contributed by atoms with Crippen molar-refractivity contribution in [3.05, 3.63) is 34.6 Å². The Hall–Kier alpha value is -1.82. The van der Waals surface area contributed by atoms with Gasteiger partial charge in [0.1, 0.15) is 0 Å². The van der Waals surface area contributed by atoms with Crippen molar-refractivity contribution in [1.29, 1.82) is 0 Å². The number of carbonyl (C=O) groups is 1. The van der Waals surface area contributed by atoms with E-state index >= 15 is 0 Å². The van der Waals surface area contributed by atoms with Gasteiger partial charge in [0.05, 0.1) is 16.2 Å². The smallest absolute Gasteiger partial charge is 0.262 e. The van der Waals surface area contributed by atoms with E-state index in [-0.39, 0.29) is 22.8 Å². The van der Waals surface area contributed by atoms with Gasteiger partial charge in [0.15, 0.2) is 5.16 Å². The summed E-state index contributed by atoms with van der Waals surface area (Å²) in [6.45, 7) is 7.69. The van der Waals surface area contributed by atoms with E-state index < -0.39 is 0 Å². The van der Waals surface area contributed by atoms with Crippen LogP contribution < -0.4 is 5.56 Å². The molecule has 1 aromatic heterocycles. The molecular weight excluding hydrogens is 346 g/mol. The number of nitrogens with zero attached hydrogens (tertiary/aromatic N) is 3. The first-order valence-corrected chi connectivity index (χ1v) is 10.4. The van der Waals surface area contributed by atoms with Crippen LogP contribution in [0, 0.1) is 0 Å². The Bertz CT molecular complexity index is 843. The standard InChI is InChI=1S/C20H27N3O2S/c1-4-14(2)23-19(25)16-10-6-7-11-17(16)21-20(23)26-15(3)18(24)22-12-8-5-9-13-22/h6-7,10-11,14-15H,4-5,8-9,12-13H2,1-3H3/t14-,15+/m1/s1. The summed E-state index contributed by atoms with van der Waals surface area (Å²) in [5, 5.41) is 1.02. The number of para-hydroxylation sites is 1. The van der Waals surface area contributed by atoms with E-state index in [1.165, 1.54) is 18.2 Å². The normalized spacial score (nSPS) is 17.3. The average Bonchev–Trinajstić information content (AvgIpc) is 2.67. The molecule has 1 amide bonds. The van der Waals surface area contributed by atoms with Crippen LogP contribution >= 0.6 is 11.8 Å². The largest absolute Gasteiger partial charge is 0.342 e. The van der Waals surface area contributed by atoms with E-state index in [4.69, 9.17) is 4.98 Å². The van der Waals surface area contributed by atoms with Crippen LogP contribution in [0.4, 0.5) is 0 Å². The van der Waals surface area contributed by atoms with Crippen molar-refractivity contribution in [2.24, 2.45) is 0 Å². The van der Waals surface area contributed by atoms with E-state index in [0.717, 1.165) is 32.4 Å². The second-order valence-electron chi connectivity index (χ2n) is 6.99. The lowest BCUT2D eigenvalue weighted by molar-refractivity contribution is -0.131. The topological polar surface area (TPSA) is 55.2 Å². The van der Waals surface area contributed by atoms with Gasteiger partial charge >= 0.3 is 0 Å². The Labute approximate surface area is 158 Å². The minimum Gasteiger partial charge on any atom is -0.342 e. The molecule has 0 spiro atoms. The third-order valence-electron chi connectivity index (χ3n) is 5.10. The monoisotopic (exact) mass is 373 g/mol. The molecule has 0 saturated carbocycles. The fraction of sp³-hybridized carbons (Fsp3) is 0.550. The Morgan fingerprint density at radius 1 is 1.19 bits per heavy atom. The Morgan fingerprint density at radius 3 is 2.58 bits per heavy atom. The predicted molar refractivity (Wildman–Crippen MR) is 107 cm³/mol. The van der Waals surface area contributed by atoms with Crippen LogP contribution in [0.25, 0.3) is 10.9 Å². The lowest BCUT2D eigenvalue weighted by Gasteiger charge is -2.29. The first-order valence-electron chi connectivity index (χ1n) is 9.49. The number of hydrogen-bond acceptors (Lipinski definition) is 4. The van der Waals surface area contributed by atoms with Gasteiger partial charge in [-0.1, -0.05) is 30.8 Å². The maximum Gasteiger partial charge on any atom is 0.262 e. The molecule has 1 aliphatic heterocycles. The summed E-state index contributed by atoms with van der Waals surface area (Å²) in [4.78, 5) is 32.5. The number of fused-ring (bicyclic) bond motifs is 1. The third-order valence-corrected chi connectivity index (χ3v) is 6.16. The molecule has 2 heterocycles. The van der Waals surface area contributed by atoms with Crippen molar-refractivity contribution in [1.82, 2.24) is 14.5 Å². The van der Waals surface area contributed by atoms with Gasteiger partial charge in [0.2, 0.25) is 5.91 Å². The van der Waals surface area contributed by atoms with Crippen molar-refractivity contribution < 1.29 is 4.79 Å². The highest BCUT2D eigenvalue weighted by molar-refractivity contribution is 8.00. The van der Waals surface area contributed by atoms with Gasteiger partial charge in [-0.2, -0.15) is 0 Å². The van der Waals surface area contributed by atoms with Gasteiger partial charge in [-0.3, -0.25) is 14.2 Å². The highest BCUT2D eigenvalue weighted by Gasteiger charge is 2.25. The quantitative estimate of drug-likeness (QED) is 0.590. The van der Waals surface area contributed by atoms with Crippen LogP contribution in [0.5, 0.6) is 0 Å². The highest BCUT2D eigenvalue weighted by atomic mass is 32.2. The SMILES string of the molecule is CC[C@@H](C)n1c(S[C@@H](C)C(=O)N2CCCCC2)nc2ccccc2c1=O. The molecule has 1 aromatic carbocycles. The van der Waals surface area contributed by atoms with Gasteiger partial charge < -0.3 is 4.90 Å². The number of aromatic nitrogens is 2. The van der Waals surface area contributed by atoms with Crippen LogP contribution in [0.2, 0.25) is 0 Å². The molecule has 6 heteroatoms. The molecule has 1 fully saturated rings. The number of hydrogen-bond donors (Lipinski definition) is 0. The number of benzene rings is 1. The molecule has 0 N–H and O–H groups in total. The van der Waals surface area contributed by atoms with Crippen molar-refractivity contribution in [2.75, 3.05) is 13.1 Å². The molecule has 3 rings (SSSR count). The van der Waals surface area contributed by atoms with Crippen molar-refractivity contribution in [3.8, 4) is 0 Å². The molecule has 26 heavy (non-hydrogen) atoms. The minimum atomic E-state index is -0.253. The molecule has 2 aromatic rings. The van der Waals surface area contributed by atoms with E-state index in [1.807, 2.05) is 43.0 Å². The third kappa shape index (κ3) is 3.80. The fourth-order valence-corrected chi connectivity index (χ4v) is 4.45. The second-order valence-corrected chi connectivity index (χ2v) is 8.30. The molecule has 0 bridgehead atoms. The molecule has 5 nitrogen and oxygen atoms in total.